The van der Waals surface area contributed by atoms with E-state index in [0.717, 1.165) is 24.5 Å². The maximum Gasteiger partial charge on any atom is 0.255 e. The largest absolute Gasteiger partial charge is 0.455 e. The summed E-state index contributed by atoms with van der Waals surface area (Å²) in [6.45, 7) is 0. The zero-order valence-electron chi connectivity index (χ0n) is 19.3. The monoisotopic (exact) mass is 511 g/mol. The van der Waals surface area contributed by atoms with E-state index in [1.54, 1.807) is 12.1 Å². The van der Waals surface area contributed by atoms with Crippen molar-refractivity contribution in [2.75, 3.05) is 17.5 Å². The first-order valence-electron chi connectivity index (χ1n) is 11.3. The average Bonchev–Trinajstić information content (AvgIpc) is 3.61. The Morgan fingerprint density at radius 2 is 1.81 bits per heavy atom. The molecule has 1 aromatic heterocycles. The lowest BCUT2D eigenvalue weighted by Crippen LogP contribution is -2.18. The molecule has 0 radical (unpaired) electrons. The van der Waals surface area contributed by atoms with Crippen LogP contribution < -0.4 is 15.8 Å². The van der Waals surface area contributed by atoms with Gasteiger partial charge >= 0.3 is 0 Å². The molecule has 0 spiro atoms. The Morgan fingerprint density at radius 3 is 2.44 bits per heavy atom. The molecule has 0 aliphatic heterocycles. The highest BCUT2D eigenvalue weighted by Crippen LogP contribution is 2.47. The van der Waals surface area contributed by atoms with Gasteiger partial charge < -0.3 is 15.5 Å². The van der Waals surface area contributed by atoms with Crippen LogP contribution >= 0.6 is 0 Å². The molecule has 7 nitrogen and oxygen atoms in total. The maximum absolute atomic E-state index is 13.8. The van der Waals surface area contributed by atoms with Crippen LogP contribution in [0.2, 0.25) is 0 Å². The number of rotatable bonds is 7. The molecular weight excluding hydrogens is 488 g/mol. The lowest BCUT2D eigenvalue weighted by molar-refractivity contribution is 0.0964. The van der Waals surface area contributed by atoms with Gasteiger partial charge in [-0.2, -0.15) is 0 Å². The summed E-state index contributed by atoms with van der Waals surface area (Å²) in [5.74, 6) is -1.56. The zero-order chi connectivity index (χ0) is 25.6. The Balaban J connectivity index is 1.59. The summed E-state index contributed by atoms with van der Waals surface area (Å²) in [5, 5.41) is 3.14. The minimum absolute atomic E-state index is 0.0627. The van der Waals surface area contributed by atoms with Gasteiger partial charge in [-0.15, -0.1) is 0 Å². The molecule has 1 aliphatic rings. The number of carbonyl (C=O) groups is 1. The normalized spacial score (nSPS) is 13.6. The molecule has 1 heterocycles. The number of hydrogen-bond donors (Lipinski definition) is 3. The SMILES string of the molecule is CNC(=O)c1c(-c2ccc(F)cc2)oc2cc(NS(=O)(=O)Cc3ccc(N)c(F)c3)c(C3CC3)cc12. The maximum atomic E-state index is 13.8. The fourth-order valence-corrected chi connectivity index (χ4v) is 5.42. The smallest absolute Gasteiger partial charge is 0.255 e. The molecule has 0 atom stereocenters. The van der Waals surface area contributed by atoms with Gasteiger partial charge in [-0.3, -0.25) is 9.52 Å². The number of carbonyl (C=O) groups excluding carboxylic acids is 1. The third kappa shape index (κ3) is 4.64. The first kappa shape index (κ1) is 23.8. The topological polar surface area (TPSA) is 114 Å². The minimum atomic E-state index is -3.92. The van der Waals surface area contributed by atoms with Crippen molar-refractivity contribution in [2.45, 2.75) is 24.5 Å². The van der Waals surface area contributed by atoms with Gasteiger partial charge in [0.15, 0.2) is 0 Å². The summed E-state index contributed by atoms with van der Waals surface area (Å²) in [4.78, 5) is 12.8. The van der Waals surface area contributed by atoms with Crippen LogP contribution in [0.15, 0.2) is 59.0 Å². The second-order valence-electron chi connectivity index (χ2n) is 8.82. The van der Waals surface area contributed by atoms with E-state index in [1.165, 1.54) is 43.4 Å². The number of furan rings is 1. The van der Waals surface area contributed by atoms with E-state index < -0.39 is 27.4 Å². The van der Waals surface area contributed by atoms with Gasteiger partial charge in [0.2, 0.25) is 10.0 Å². The van der Waals surface area contributed by atoms with E-state index in [2.05, 4.69) is 10.0 Å². The van der Waals surface area contributed by atoms with E-state index in [0.29, 0.717) is 22.2 Å². The third-order valence-corrected chi connectivity index (χ3v) is 7.37. The molecule has 1 aliphatic carbocycles. The van der Waals surface area contributed by atoms with Gasteiger partial charge in [-0.1, -0.05) is 6.07 Å². The van der Waals surface area contributed by atoms with Gasteiger partial charge in [0, 0.05) is 24.1 Å². The molecule has 10 heteroatoms. The Morgan fingerprint density at radius 1 is 1.08 bits per heavy atom. The summed E-state index contributed by atoms with van der Waals surface area (Å²) in [5.41, 5.74) is 7.84. The van der Waals surface area contributed by atoms with Crippen LogP contribution in [-0.4, -0.2) is 21.4 Å². The van der Waals surface area contributed by atoms with Crippen molar-refractivity contribution in [3.8, 4) is 11.3 Å². The summed E-state index contributed by atoms with van der Waals surface area (Å²) < 4.78 is 61.9. The fraction of sp³-hybridized carbons (Fsp3) is 0.192. The van der Waals surface area contributed by atoms with E-state index in [9.17, 15) is 22.0 Å². The van der Waals surface area contributed by atoms with Crippen LogP contribution in [0.25, 0.3) is 22.3 Å². The van der Waals surface area contributed by atoms with Crippen molar-refractivity contribution in [2.24, 2.45) is 0 Å². The summed E-state index contributed by atoms with van der Waals surface area (Å²) in [7, 11) is -2.42. The van der Waals surface area contributed by atoms with Crippen molar-refractivity contribution in [1.29, 1.82) is 0 Å². The second-order valence-corrected chi connectivity index (χ2v) is 10.5. The Kier molecular flexibility index (Phi) is 5.91. The highest BCUT2D eigenvalue weighted by Gasteiger charge is 2.31. The van der Waals surface area contributed by atoms with E-state index in [1.807, 2.05) is 0 Å². The summed E-state index contributed by atoms with van der Waals surface area (Å²) >= 11 is 0. The Hall–Kier alpha value is -3.92. The van der Waals surface area contributed by atoms with Crippen molar-refractivity contribution in [3.05, 3.63) is 82.9 Å². The number of halogens is 2. The van der Waals surface area contributed by atoms with Crippen LogP contribution in [0, 0.1) is 11.6 Å². The Labute approximate surface area is 206 Å². The molecule has 1 amide bonds. The van der Waals surface area contributed by atoms with Gasteiger partial charge in [0.05, 0.1) is 22.7 Å². The van der Waals surface area contributed by atoms with Gasteiger partial charge in [-0.25, -0.2) is 17.2 Å². The first-order valence-corrected chi connectivity index (χ1v) is 12.9. The second kappa shape index (κ2) is 8.94. The van der Waals surface area contributed by atoms with Crippen LogP contribution in [0.5, 0.6) is 0 Å². The fourth-order valence-electron chi connectivity index (χ4n) is 4.22. The van der Waals surface area contributed by atoms with Crippen LogP contribution in [-0.2, 0) is 15.8 Å². The third-order valence-electron chi connectivity index (χ3n) is 6.12. The number of amides is 1. The lowest BCUT2D eigenvalue weighted by Gasteiger charge is -2.13. The molecule has 0 saturated heterocycles. The van der Waals surface area contributed by atoms with Crippen molar-refractivity contribution >= 4 is 38.3 Å². The summed E-state index contributed by atoms with van der Waals surface area (Å²) in [6, 6.07) is 12.8. The van der Waals surface area contributed by atoms with Gasteiger partial charge in [0.1, 0.15) is 23.0 Å². The van der Waals surface area contributed by atoms with Crippen molar-refractivity contribution in [1.82, 2.24) is 5.32 Å². The number of hydrogen-bond acceptors (Lipinski definition) is 5. The number of sulfonamides is 1. The molecule has 36 heavy (non-hydrogen) atoms. The quantitative estimate of drug-likeness (QED) is 0.297. The number of fused-ring (bicyclic) bond motifs is 1. The van der Waals surface area contributed by atoms with Crippen LogP contribution in [0.4, 0.5) is 20.2 Å². The predicted molar refractivity (Wildman–Crippen MR) is 134 cm³/mol. The van der Waals surface area contributed by atoms with Crippen LogP contribution in [0.3, 0.4) is 0 Å². The van der Waals surface area contributed by atoms with E-state index in [-0.39, 0.29) is 34.4 Å². The number of benzene rings is 3. The highest BCUT2D eigenvalue weighted by molar-refractivity contribution is 7.91. The number of nitrogens with one attached hydrogen (secondary N) is 2. The lowest BCUT2D eigenvalue weighted by atomic mass is 10.0. The Bertz CT molecular complexity index is 1590. The molecule has 0 bridgehead atoms. The minimum Gasteiger partial charge on any atom is -0.455 e. The van der Waals surface area contributed by atoms with Crippen molar-refractivity contribution < 1.29 is 26.4 Å². The molecule has 186 valence electrons. The number of nitrogen functional groups attached to an aromatic ring is 1. The van der Waals surface area contributed by atoms with E-state index in [4.69, 9.17) is 10.2 Å². The predicted octanol–water partition coefficient (Wildman–Crippen LogP) is 5.14. The first-order chi connectivity index (χ1) is 17.1. The molecule has 1 fully saturated rings. The molecule has 1 saturated carbocycles. The molecule has 0 unspecified atom stereocenters. The highest BCUT2D eigenvalue weighted by atomic mass is 32.2. The van der Waals surface area contributed by atoms with Gasteiger partial charge in [0.25, 0.3) is 5.91 Å². The standard InChI is InChI=1S/C26H23F2N3O4S/c1-30-26(32)24-19-11-18(15-3-4-15)22(12-23(19)35-25(24)16-5-7-17(27)8-6-16)31-36(33,34)13-14-2-9-21(29)20(28)10-14/h2,5-12,15,31H,3-4,13,29H2,1H3,(H,30,32). The van der Waals surface area contributed by atoms with Gasteiger partial charge in [-0.05, 0) is 72.4 Å². The summed E-state index contributed by atoms with van der Waals surface area (Å²) in [6.07, 6.45) is 1.75. The number of nitrogens with two attached hydrogens (primary N) is 1. The van der Waals surface area contributed by atoms with Crippen molar-refractivity contribution in [3.63, 3.8) is 0 Å². The molecular formula is C26H23F2N3O4S. The zero-order valence-corrected chi connectivity index (χ0v) is 20.1. The molecule has 3 aromatic carbocycles. The molecule has 5 rings (SSSR count). The number of anilines is 2. The average molecular weight is 512 g/mol. The van der Waals surface area contributed by atoms with Crippen LogP contribution in [0.1, 0.15) is 40.2 Å². The molecule has 4 N–H and O–H groups in total. The van der Waals surface area contributed by atoms with E-state index >= 15 is 0 Å². The molecule has 4 aromatic rings.